The first kappa shape index (κ1) is 9.40. The van der Waals surface area contributed by atoms with Crippen LogP contribution in [0.25, 0.3) is 0 Å². The van der Waals surface area contributed by atoms with Crippen LogP contribution in [0, 0.1) is 6.92 Å². The topological polar surface area (TPSA) is 21.1 Å². The lowest BCUT2D eigenvalue weighted by atomic mass is 9.98. The van der Waals surface area contributed by atoms with Crippen LogP contribution in [-0.4, -0.2) is 33.8 Å². The molecule has 2 aliphatic heterocycles. The summed E-state index contributed by atoms with van der Waals surface area (Å²) in [6.45, 7) is 2.12. The number of hydrogen-bond donors (Lipinski definition) is 0. The summed E-state index contributed by atoms with van der Waals surface area (Å²) in [6.07, 6.45) is 9.51. The molecule has 3 nitrogen and oxygen atoms in total. The third-order valence-electron chi connectivity index (χ3n) is 4.18. The SMILES string of the molecule is Cc1cnn(C2CC3CCC(C2)N3C)c1. The molecule has 3 heterocycles. The average molecular weight is 205 g/mol. The lowest BCUT2D eigenvalue weighted by Gasteiger charge is -2.36. The molecule has 3 rings (SSSR count). The molecule has 82 valence electrons. The maximum absolute atomic E-state index is 4.46. The van der Waals surface area contributed by atoms with E-state index in [0.29, 0.717) is 6.04 Å². The molecule has 0 aliphatic carbocycles. The Labute approximate surface area is 91.1 Å². The molecule has 0 aromatic carbocycles. The number of piperidine rings is 1. The fourth-order valence-electron chi connectivity index (χ4n) is 3.23. The van der Waals surface area contributed by atoms with E-state index in [9.17, 15) is 0 Å². The van der Waals surface area contributed by atoms with Crippen molar-refractivity contribution in [2.24, 2.45) is 0 Å². The van der Waals surface area contributed by atoms with Crippen LogP contribution >= 0.6 is 0 Å². The quantitative estimate of drug-likeness (QED) is 0.699. The summed E-state index contributed by atoms with van der Waals surface area (Å²) in [5.41, 5.74) is 1.28. The Balaban J connectivity index is 1.80. The van der Waals surface area contributed by atoms with E-state index < -0.39 is 0 Å². The fourth-order valence-corrected chi connectivity index (χ4v) is 3.23. The van der Waals surface area contributed by atoms with Gasteiger partial charge in [0.15, 0.2) is 0 Å². The number of nitrogens with zero attached hydrogens (tertiary/aromatic N) is 3. The van der Waals surface area contributed by atoms with Gasteiger partial charge in [-0.15, -0.1) is 0 Å². The van der Waals surface area contributed by atoms with Crippen molar-refractivity contribution in [2.75, 3.05) is 7.05 Å². The molecule has 0 saturated carbocycles. The predicted octanol–water partition coefficient (Wildman–Crippen LogP) is 1.99. The van der Waals surface area contributed by atoms with Crippen molar-refractivity contribution in [1.82, 2.24) is 14.7 Å². The largest absolute Gasteiger partial charge is 0.300 e. The molecule has 0 radical (unpaired) electrons. The lowest BCUT2D eigenvalue weighted by Crippen LogP contribution is -2.40. The molecule has 1 aromatic heterocycles. The van der Waals surface area contributed by atoms with Gasteiger partial charge in [-0.1, -0.05) is 0 Å². The summed E-state index contributed by atoms with van der Waals surface area (Å²) in [6, 6.07) is 2.25. The van der Waals surface area contributed by atoms with Gasteiger partial charge in [-0.25, -0.2) is 0 Å². The first-order chi connectivity index (χ1) is 7.24. The van der Waals surface area contributed by atoms with Crippen molar-refractivity contribution in [3.63, 3.8) is 0 Å². The first-order valence-electron chi connectivity index (χ1n) is 5.97. The summed E-state index contributed by atoms with van der Waals surface area (Å²) in [5.74, 6) is 0. The van der Waals surface area contributed by atoms with E-state index in [0.717, 1.165) is 12.1 Å². The highest BCUT2D eigenvalue weighted by molar-refractivity contribution is 5.03. The summed E-state index contributed by atoms with van der Waals surface area (Å²) < 4.78 is 2.19. The summed E-state index contributed by atoms with van der Waals surface area (Å²) in [4.78, 5) is 2.58. The first-order valence-corrected chi connectivity index (χ1v) is 5.97. The summed E-state index contributed by atoms with van der Waals surface area (Å²) in [5, 5.41) is 4.46. The molecule has 15 heavy (non-hydrogen) atoms. The molecule has 2 unspecified atom stereocenters. The second-order valence-electron chi connectivity index (χ2n) is 5.17. The molecular weight excluding hydrogens is 186 g/mol. The van der Waals surface area contributed by atoms with Crippen molar-refractivity contribution < 1.29 is 0 Å². The normalized spacial score (nSPS) is 36.0. The van der Waals surface area contributed by atoms with Crippen molar-refractivity contribution in [3.8, 4) is 0 Å². The van der Waals surface area contributed by atoms with Gasteiger partial charge < -0.3 is 4.90 Å². The molecule has 0 amide bonds. The molecule has 0 N–H and O–H groups in total. The van der Waals surface area contributed by atoms with Crippen molar-refractivity contribution in [2.45, 2.75) is 50.7 Å². The highest BCUT2D eigenvalue weighted by Crippen LogP contribution is 2.39. The number of aromatic nitrogens is 2. The van der Waals surface area contributed by atoms with E-state index >= 15 is 0 Å². The zero-order valence-electron chi connectivity index (χ0n) is 9.56. The molecule has 2 aliphatic rings. The molecule has 2 fully saturated rings. The van der Waals surface area contributed by atoms with E-state index in [1.54, 1.807) is 0 Å². The Morgan fingerprint density at radius 1 is 1.20 bits per heavy atom. The van der Waals surface area contributed by atoms with Crippen molar-refractivity contribution >= 4 is 0 Å². The second kappa shape index (κ2) is 3.34. The number of hydrogen-bond acceptors (Lipinski definition) is 2. The number of fused-ring (bicyclic) bond motifs is 2. The zero-order chi connectivity index (χ0) is 10.4. The summed E-state index contributed by atoms with van der Waals surface area (Å²) >= 11 is 0. The van der Waals surface area contributed by atoms with Gasteiger partial charge in [-0.2, -0.15) is 5.10 Å². The van der Waals surface area contributed by atoms with Crippen molar-refractivity contribution in [1.29, 1.82) is 0 Å². The van der Waals surface area contributed by atoms with E-state index in [1.165, 1.54) is 31.2 Å². The Morgan fingerprint density at radius 3 is 2.40 bits per heavy atom. The highest BCUT2D eigenvalue weighted by atomic mass is 15.3. The molecule has 2 bridgehead atoms. The minimum Gasteiger partial charge on any atom is -0.300 e. The van der Waals surface area contributed by atoms with Crippen LogP contribution in [0.15, 0.2) is 12.4 Å². The molecule has 1 aromatic rings. The standard InChI is InChI=1S/C12H19N3/c1-9-7-13-15(8-9)12-5-10-3-4-11(6-12)14(10)2/h7-8,10-12H,3-6H2,1-2H3. The predicted molar refractivity (Wildman–Crippen MR) is 59.8 cm³/mol. The van der Waals surface area contributed by atoms with Gasteiger partial charge in [-0.05, 0) is 45.2 Å². The number of aryl methyl sites for hydroxylation is 1. The van der Waals surface area contributed by atoms with Crippen LogP contribution in [0.2, 0.25) is 0 Å². The maximum Gasteiger partial charge on any atom is 0.0549 e. The van der Waals surface area contributed by atoms with Crippen LogP contribution in [0.4, 0.5) is 0 Å². The van der Waals surface area contributed by atoms with E-state index in [-0.39, 0.29) is 0 Å². The monoisotopic (exact) mass is 205 g/mol. The van der Waals surface area contributed by atoms with Crippen LogP contribution in [0.5, 0.6) is 0 Å². The minimum absolute atomic E-state index is 0.646. The third kappa shape index (κ3) is 1.49. The van der Waals surface area contributed by atoms with E-state index in [2.05, 4.69) is 34.8 Å². The second-order valence-corrected chi connectivity index (χ2v) is 5.17. The lowest BCUT2D eigenvalue weighted by molar-refractivity contribution is 0.131. The van der Waals surface area contributed by atoms with Gasteiger partial charge in [0, 0.05) is 18.3 Å². The molecule has 0 spiro atoms. The zero-order valence-corrected chi connectivity index (χ0v) is 9.56. The smallest absolute Gasteiger partial charge is 0.0549 e. The van der Waals surface area contributed by atoms with Gasteiger partial charge in [-0.3, -0.25) is 4.68 Å². The van der Waals surface area contributed by atoms with Gasteiger partial charge in [0.05, 0.1) is 12.2 Å². The summed E-state index contributed by atoms with van der Waals surface area (Å²) in [7, 11) is 2.28. The van der Waals surface area contributed by atoms with Crippen LogP contribution < -0.4 is 0 Å². The van der Waals surface area contributed by atoms with Gasteiger partial charge >= 0.3 is 0 Å². The Morgan fingerprint density at radius 2 is 1.87 bits per heavy atom. The van der Waals surface area contributed by atoms with Gasteiger partial charge in [0.25, 0.3) is 0 Å². The fraction of sp³-hybridized carbons (Fsp3) is 0.750. The Hall–Kier alpha value is -0.830. The van der Waals surface area contributed by atoms with Gasteiger partial charge in [0.1, 0.15) is 0 Å². The molecule has 2 atom stereocenters. The minimum atomic E-state index is 0.646. The molecular formula is C12H19N3. The maximum atomic E-state index is 4.46. The van der Waals surface area contributed by atoms with Crippen LogP contribution in [-0.2, 0) is 0 Å². The average Bonchev–Trinajstić information content (AvgIpc) is 2.70. The molecule has 3 heteroatoms. The molecule has 2 saturated heterocycles. The number of rotatable bonds is 1. The Kier molecular flexibility index (Phi) is 2.09. The Bertz CT molecular complexity index is 344. The van der Waals surface area contributed by atoms with Crippen molar-refractivity contribution in [3.05, 3.63) is 18.0 Å². The highest BCUT2D eigenvalue weighted by Gasteiger charge is 2.39. The van der Waals surface area contributed by atoms with E-state index in [1.807, 2.05) is 6.20 Å². The van der Waals surface area contributed by atoms with Gasteiger partial charge in [0.2, 0.25) is 0 Å². The van der Waals surface area contributed by atoms with Crippen LogP contribution in [0.1, 0.15) is 37.3 Å². The van der Waals surface area contributed by atoms with E-state index in [4.69, 9.17) is 0 Å². The van der Waals surface area contributed by atoms with Crippen LogP contribution in [0.3, 0.4) is 0 Å². The third-order valence-corrected chi connectivity index (χ3v) is 4.18.